The molecule has 1 aromatic rings. The van der Waals surface area contributed by atoms with Crippen molar-refractivity contribution in [3.05, 3.63) is 28.8 Å². The molecule has 0 aliphatic rings. The largest absolute Gasteiger partial charge is 0.467 e. The van der Waals surface area contributed by atoms with Gasteiger partial charge in [-0.05, 0) is 36.6 Å². The minimum Gasteiger partial charge on any atom is -0.467 e. The van der Waals surface area contributed by atoms with E-state index in [1.807, 2.05) is 19.9 Å². The molecule has 78 valence electrons. The summed E-state index contributed by atoms with van der Waals surface area (Å²) in [7, 11) is 1.62. The number of benzene rings is 1. The van der Waals surface area contributed by atoms with Gasteiger partial charge in [-0.15, -0.1) is 0 Å². The predicted molar refractivity (Wildman–Crippen MR) is 61.1 cm³/mol. The molecule has 0 atom stereocenters. The lowest BCUT2D eigenvalue weighted by Crippen LogP contribution is -2.02. The normalized spacial score (nSPS) is 10.3. The molecule has 0 amide bonds. The van der Waals surface area contributed by atoms with Crippen LogP contribution in [0.5, 0.6) is 5.75 Å². The summed E-state index contributed by atoms with van der Waals surface area (Å²) in [5, 5.41) is 0. The van der Waals surface area contributed by atoms with Crippen molar-refractivity contribution in [1.29, 1.82) is 0 Å². The van der Waals surface area contributed by atoms with E-state index in [2.05, 4.69) is 18.7 Å². The smallest absolute Gasteiger partial charge is 0.188 e. The lowest BCUT2D eigenvalue weighted by atomic mass is 10.1. The maximum absolute atomic E-state index is 5.45. The van der Waals surface area contributed by atoms with Crippen LogP contribution >= 0.6 is 12.6 Å². The molecule has 0 aliphatic carbocycles. The first-order chi connectivity index (χ1) is 6.69. The van der Waals surface area contributed by atoms with E-state index in [0.29, 0.717) is 0 Å². The molecular formula is C11H16O2S. The fourth-order valence-electron chi connectivity index (χ4n) is 1.33. The number of aryl methyl sites for hydroxylation is 1. The van der Waals surface area contributed by atoms with E-state index in [-0.39, 0.29) is 6.79 Å². The fraction of sp³-hybridized carbons (Fsp3) is 0.455. The van der Waals surface area contributed by atoms with Crippen molar-refractivity contribution < 1.29 is 9.47 Å². The standard InChI is InChI=1S/C11H16O2S/c1-8-4-10(6-14)9(2)11(5-8)13-7-12-3/h4-5,14H,6-7H2,1-3H3. The summed E-state index contributed by atoms with van der Waals surface area (Å²) in [4.78, 5) is 0. The Labute approximate surface area is 90.6 Å². The second kappa shape index (κ2) is 5.27. The molecule has 1 rings (SSSR count). The Bertz CT molecular complexity index is 310. The van der Waals surface area contributed by atoms with Crippen molar-refractivity contribution in [3.8, 4) is 5.75 Å². The number of methoxy groups -OCH3 is 1. The zero-order chi connectivity index (χ0) is 10.6. The second-order valence-corrected chi connectivity index (χ2v) is 3.57. The van der Waals surface area contributed by atoms with Crippen molar-refractivity contribution in [2.24, 2.45) is 0 Å². The van der Waals surface area contributed by atoms with Crippen LogP contribution in [0, 0.1) is 13.8 Å². The van der Waals surface area contributed by atoms with E-state index >= 15 is 0 Å². The highest BCUT2D eigenvalue weighted by atomic mass is 32.1. The van der Waals surface area contributed by atoms with Gasteiger partial charge in [-0.25, -0.2) is 0 Å². The van der Waals surface area contributed by atoms with E-state index in [1.54, 1.807) is 7.11 Å². The second-order valence-electron chi connectivity index (χ2n) is 3.26. The average Bonchev–Trinajstić information content (AvgIpc) is 2.18. The third-order valence-corrected chi connectivity index (χ3v) is 2.46. The molecule has 14 heavy (non-hydrogen) atoms. The van der Waals surface area contributed by atoms with Crippen LogP contribution in [0.3, 0.4) is 0 Å². The third-order valence-electron chi connectivity index (χ3n) is 2.11. The highest BCUT2D eigenvalue weighted by Crippen LogP contribution is 2.24. The van der Waals surface area contributed by atoms with Crippen LogP contribution < -0.4 is 4.74 Å². The van der Waals surface area contributed by atoms with Gasteiger partial charge < -0.3 is 9.47 Å². The lowest BCUT2D eigenvalue weighted by molar-refractivity contribution is 0.0505. The van der Waals surface area contributed by atoms with Crippen molar-refractivity contribution >= 4 is 12.6 Å². The van der Waals surface area contributed by atoms with Gasteiger partial charge in [0.2, 0.25) is 0 Å². The molecule has 0 spiro atoms. The summed E-state index contributed by atoms with van der Waals surface area (Å²) >= 11 is 4.28. The van der Waals surface area contributed by atoms with Crippen LogP contribution in [-0.2, 0) is 10.5 Å². The van der Waals surface area contributed by atoms with Crippen LogP contribution in [0.25, 0.3) is 0 Å². The highest BCUT2D eigenvalue weighted by molar-refractivity contribution is 7.79. The fourth-order valence-corrected chi connectivity index (χ4v) is 1.66. The van der Waals surface area contributed by atoms with Gasteiger partial charge in [0.1, 0.15) is 5.75 Å². The molecule has 1 aromatic carbocycles. The maximum atomic E-state index is 5.45. The summed E-state index contributed by atoms with van der Waals surface area (Å²) in [5.41, 5.74) is 3.54. The topological polar surface area (TPSA) is 18.5 Å². The predicted octanol–water partition coefficient (Wildman–Crippen LogP) is 2.72. The van der Waals surface area contributed by atoms with Gasteiger partial charge in [0.25, 0.3) is 0 Å². The van der Waals surface area contributed by atoms with Crippen LogP contribution in [0.4, 0.5) is 0 Å². The molecule has 0 saturated heterocycles. The quantitative estimate of drug-likeness (QED) is 0.611. The van der Waals surface area contributed by atoms with Gasteiger partial charge in [0.15, 0.2) is 6.79 Å². The molecular weight excluding hydrogens is 196 g/mol. The average molecular weight is 212 g/mol. The summed E-state index contributed by atoms with van der Waals surface area (Å²) in [5.74, 6) is 1.62. The summed E-state index contributed by atoms with van der Waals surface area (Å²) < 4.78 is 10.3. The number of ether oxygens (including phenoxy) is 2. The lowest BCUT2D eigenvalue weighted by Gasteiger charge is -2.12. The van der Waals surface area contributed by atoms with Crippen molar-refractivity contribution in [2.45, 2.75) is 19.6 Å². The van der Waals surface area contributed by atoms with Gasteiger partial charge in [0, 0.05) is 12.9 Å². The molecule has 0 unspecified atom stereocenters. The Morgan fingerprint density at radius 1 is 1.29 bits per heavy atom. The van der Waals surface area contributed by atoms with E-state index in [9.17, 15) is 0 Å². The van der Waals surface area contributed by atoms with Crippen molar-refractivity contribution in [1.82, 2.24) is 0 Å². The summed E-state index contributed by atoms with van der Waals surface area (Å²) in [6.07, 6.45) is 0. The number of thiol groups is 1. The van der Waals surface area contributed by atoms with Crippen LogP contribution in [0.2, 0.25) is 0 Å². The van der Waals surface area contributed by atoms with Crippen molar-refractivity contribution in [3.63, 3.8) is 0 Å². The van der Waals surface area contributed by atoms with Gasteiger partial charge >= 0.3 is 0 Å². The van der Waals surface area contributed by atoms with Crippen molar-refractivity contribution in [2.75, 3.05) is 13.9 Å². The van der Waals surface area contributed by atoms with E-state index in [4.69, 9.17) is 9.47 Å². The van der Waals surface area contributed by atoms with Gasteiger partial charge in [-0.3, -0.25) is 0 Å². The molecule has 0 N–H and O–H groups in total. The van der Waals surface area contributed by atoms with Gasteiger partial charge in [0.05, 0.1) is 0 Å². The monoisotopic (exact) mass is 212 g/mol. The number of hydrogen-bond donors (Lipinski definition) is 1. The summed E-state index contributed by atoms with van der Waals surface area (Å²) in [6, 6.07) is 4.14. The minimum absolute atomic E-state index is 0.288. The minimum atomic E-state index is 0.288. The first kappa shape index (κ1) is 11.4. The SMILES string of the molecule is COCOc1cc(C)cc(CS)c1C. The van der Waals surface area contributed by atoms with Gasteiger partial charge in [-0.2, -0.15) is 12.6 Å². The van der Waals surface area contributed by atoms with E-state index in [1.165, 1.54) is 11.1 Å². The molecule has 0 bridgehead atoms. The summed E-state index contributed by atoms with van der Waals surface area (Å²) in [6.45, 7) is 4.37. The van der Waals surface area contributed by atoms with Crippen LogP contribution in [0.15, 0.2) is 12.1 Å². The molecule has 3 heteroatoms. The molecule has 0 saturated carbocycles. The Kier molecular flexibility index (Phi) is 4.29. The molecule has 2 nitrogen and oxygen atoms in total. The van der Waals surface area contributed by atoms with Crippen LogP contribution in [-0.4, -0.2) is 13.9 Å². The van der Waals surface area contributed by atoms with Crippen LogP contribution in [0.1, 0.15) is 16.7 Å². The Hall–Kier alpha value is -0.670. The Morgan fingerprint density at radius 3 is 2.57 bits per heavy atom. The first-order valence-electron chi connectivity index (χ1n) is 4.51. The highest BCUT2D eigenvalue weighted by Gasteiger charge is 2.05. The Morgan fingerprint density at radius 2 is 2.00 bits per heavy atom. The number of hydrogen-bond acceptors (Lipinski definition) is 3. The molecule has 0 heterocycles. The molecule has 0 aliphatic heterocycles. The van der Waals surface area contributed by atoms with E-state index in [0.717, 1.165) is 17.1 Å². The van der Waals surface area contributed by atoms with Gasteiger partial charge in [-0.1, -0.05) is 6.07 Å². The molecule has 0 fully saturated rings. The molecule has 0 aromatic heterocycles. The first-order valence-corrected chi connectivity index (χ1v) is 5.15. The zero-order valence-corrected chi connectivity index (χ0v) is 9.73. The van der Waals surface area contributed by atoms with E-state index < -0.39 is 0 Å². The Balaban J connectivity index is 2.96. The molecule has 0 radical (unpaired) electrons. The zero-order valence-electron chi connectivity index (χ0n) is 8.83. The maximum Gasteiger partial charge on any atom is 0.188 e. The number of rotatable bonds is 4. The third kappa shape index (κ3) is 2.66.